The molecule has 6 heteroatoms. The Hall–Kier alpha value is -1.43. The zero-order valence-corrected chi connectivity index (χ0v) is 11.0. The smallest absolute Gasteiger partial charge is 0.406 e. The lowest BCUT2D eigenvalue weighted by Crippen LogP contribution is -2.38. The molecule has 0 amide bonds. The van der Waals surface area contributed by atoms with Crippen LogP contribution in [0.5, 0.6) is 5.75 Å². The Morgan fingerprint density at radius 2 is 1.90 bits per heavy atom. The predicted octanol–water partition coefficient (Wildman–Crippen LogP) is 3.69. The maximum atomic E-state index is 12.1. The zero-order valence-electron chi connectivity index (χ0n) is 11.0. The number of hydrogen-bond acceptors (Lipinski definition) is 3. The van der Waals surface area contributed by atoms with E-state index in [0.717, 1.165) is 32.1 Å². The van der Waals surface area contributed by atoms with E-state index in [1.165, 1.54) is 18.2 Å². The molecular formula is C14H18F3NO2. The Balaban J connectivity index is 1.94. The minimum absolute atomic E-state index is 0.266. The van der Waals surface area contributed by atoms with Gasteiger partial charge in [-0.2, -0.15) is 0 Å². The number of halogens is 3. The van der Waals surface area contributed by atoms with Gasteiger partial charge in [-0.15, -0.1) is 13.2 Å². The van der Waals surface area contributed by atoms with Crippen molar-refractivity contribution in [1.29, 1.82) is 0 Å². The standard InChI is InChI=1S/C14H18F3NO2/c15-14(16,17)20-12-6-4-5-11(9-12)18-10-13(19)7-2-1-3-8-13/h4-6,9,18-19H,1-3,7-8,10H2. The van der Waals surface area contributed by atoms with Crippen LogP contribution >= 0.6 is 0 Å². The summed E-state index contributed by atoms with van der Waals surface area (Å²) in [5.41, 5.74) is -0.259. The molecule has 2 rings (SSSR count). The third-order valence-corrected chi connectivity index (χ3v) is 3.47. The van der Waals surface area contributed by atoms with Crippen molar-refractivity contribution in [2.24, 2.45) is 0 Å². The summed E-state index contributed by atoms with van der Waals surface area (Å²) in [5.74, 6) is -0.266. The zero-order chi connectivity index (χ0) is 14.6. The van der Waals surface area contributed by atoms with Crippen LogP contribution in [0.1, 0.15) is 32.1 Å². The first-order valence-corrected chi connectivity index (χ1v) is 6.68. The van der Waals surface area contributed by atoms with Gasteiger partial charge in [0.1, 0.15) is 5.75 Å². The first kappa shape index (κ1) is 15.0. The fourth-order valence-electron chi connectivity index (χ4n) is 2.46. The molecule has 1 aliphatic carbocycles. The lowest BCUT2D eigenvalue weighted by Gasteiger charge is -2.32. The van der Waals surface area contributed by atoms with Gasteiger partial charge in [-0.25, -0.2) is 0 Å². The number of ether oxygens (including phenoxy) is 1. The number of nitrogens with one attached hydrogen (secondary N) is 1. The molecule has 0 bridgehead atoms. The van der Waals surface area contributed by atoms with Crippen molar-refractivity contribution >= 4 is 5.69 Å². The molecule has 0 radical (unpaired) electrons. The Morgan fingerprint density at radius 3 is 2.55 bits per heavy atom. The van der Waals surface area contributed by atoms with E-state index in [1.807, 2.05) is 0 Å². The van der Waals surface area contributed by atoms with E-state index in [9.17, 15) is 18.3 Å². The van der Waals surface area contributed by atoms with Crippen molar-refractivity contribution < 1.29 is 23.0 Å². The third-order valence-electron chi connectivity index (χ3n) is 3.47. The van der Waals surface area contributed by atoms with Gasteiger partial charge in [0.2, 0.25) is 0 Å². The average molecular weight is 289 g/mol. The lowest BCUT2D eigenvalue weighted by atomic mass is 9.85. The summed E-state index contributed by atoms with van der Waals surface area (Å²) in [6.07, 6.45) is -0.167. The van der Waals surface area contributed by atoms with E-state index in [2.05, 4.69) is 10.1 Å². The van der Waals surface area contributed by atoms with E-state index in [0.29, 0.717) is 12.2 Å². The number of aliphatic hydroxyl groups is 1. The van der Waals surface area contributed by atoms with Crippen LogP contribution in [0.2, 0.25) is 0 Å². The summed E-state index contributed by atoms with van der Waals surface area (Å²) >= 11 is 0. The minimum atomic E-state index is -4.69. The second-order valence-corrected chi connectivity index (χ2v) is 5.21. The van der Waals surface area contributed by atoms with Crippen LogP contribution in [0.3, 0.4) is 0 Å². The van der Waals surface area contributed by atoms with Gasteiger partial charge in [-0.1, -0.05) is 25.3 Å². The number of benzene rings is 1. The third kappa shape index (κ3) is 4.59. The van der Waals surface area contributed by atoms with Crippen LogP contribution < -0.4 is 10.1 Å². The Kier molecular flexibility index (Phi) is 4.42. The quantitative estimate of drug-likeness (QED) is 0.888. The van der Waals surface area contributed by atoms with Crippen molar-refractivity contribution in [2.75, 3.05) is 11.9 Å². The Labute approximate surface area is 115 Å². The minimum Gasteiger partial charge on any atom is -0.406 e. The molecule has 0 aliphatic heterocycles. The fraction of sp³-hybridized carbons (Fsp3) is 0.571. The van der Waals surface area contributed by atoms with E-state index >= 15 is 0 Å². The normalized spacial score (nSPS) is 18.6. The van der Waals surface area contributed by atoms with Crippen molar-refractivity contribution in [3.63, 3.8) is 0 Å². The van der Waals surface area contributed by atoms with Crippen LogP contribution in [0.15, 0.2) is 24.3 Å². The summed E-state index contributed by atoms with van der Waals surface area (Å²) in [7, 11) is 0. The molecular weight excluding hydrogens is 271 g/mol. The number of alkyl halides is 3. The molecule has 20 heavy (non-hydrogen) atoms. The van der Waals surface area contributed by atoms with Crippen LogP contribution in [0.4, 0.5) is 18.9 Å². The second-order valence-electron chi connectivity index (χ2n) is 5.21. The highest BCUT2D eigenvalue weighted by molar-refractivity contribution is 5.48. The molecule has 0 unspecified atom stereocenters. The molecule has 1 aromatic carbocycles. The molecule has 0 spiro atoms. The Morgan fingerprint density at radius 1 is 1.20 bits per heavy atom. The number of rotatable bonds is 4. The van der Waals surface area contributed by atoms with Gasteiger partial charge in [-0.3, -0.25) is 0 Å². The lowest BCUT2D eigenvalue weighted by molar-refractivity contribution is -0.274. The van der Waals surface area contributed by atoms with Gasteiger partial charge in [0.25, 0.3) is 0 Å². The molecule has 1 saturated carbocycles. The second kappa shape index (κ2) is 5.91. The summed E-state index contributed by atoms with van der Waals surface area (Å²) in [6.45, 7) is 0.336. The monoisotopic (exact) mass is 289 g/mol. The summed E-state index contributed by atoms with van der Waals surface area (Å²) in [6, 6.07) is 5.65. The molecule has 1 aliphatic rings. The summed E-state index contributed by atoms with van der Waals surface area (Å²) < 4.78 is 40.2. The van der Waals surface area contributed by atoms with E-state index in [1.54, 1.807) is 6.07 Å². The van der Waals surface area contributed by atoms with Gasteiger partial charge in [0.05, 0.1) is 5.60 Å². The van der Waals surface area contributed by atoms with Gasteiger partial charge in [-0.05, 0) is 25.0 Å². The first-order valence-electron chi connectivity index (χ1n) is 6.68. The largest absolute Gasteiger partial charge is 0.573 e. The molecule has 2 N–H and O–H groups in total. The van der Waals surface area contributed by atoms with Crippen molar-refractivity contribution in [2.45, 2.75) is 44.1 Å². The van der Waals surface area contributed by atoms with Crippen LogP contribution in [-0.2, 0) is 0 Å². The van der Waals surface area contributed by atoms with E-state index in [4.69, 9.17) is 0 Å². The number of anilines is 1. The maximum absolute atomic E-state index is 12.1. The SMILES string of the molecule is OC1(CNc2cccc(OC(F)(F)F)c2)CCCCC1. The topological polar surface area (TPSA) is 41.5 Å². The predicted molar refractivity (Wildman–Crippen MR) is 69.6 cm³/mol. The molecule has 112 valence electrons. The summed E-state index contributed by atoms with van der Waals surface area (Å²) in [5, 5.41) is 13.3. The first-order chi connectivity index (χ1) is 9.36. The van der Waals surface area contributed by atoms with Crippen molar-refractivity contribution in [3.05, 3.63) is 24.3 Å². The molecule has 0 aromatic heterocycles. The fourth-order valence-corrected chi connectivity index (χ4v) is 2.46. The van der Waals surface area contributed by atoms with Crippen LogP contribution in [-0.4, -0.2) is 23.6 Å². The molecule has 3 nitrogen and oxygen atoms in total. The molecule has 1 fully saturated rings. The van der Waals surface area contributed by atoms with E-state index < -0.39 is 12.0 Å². The van der Waals surface area contributed by atoms with Gasteiger partial charge in [0, 0.05) is 18.3 Å². The maximum Gasteiger partial charge on any atom is 0.573 e. The Bertz CT molecular complexity index is 442. The number of hydrogen-bond donors (Lipinski definition) is 2. The van der Waals surface area contributed by atoms with E-state index in [-0.39, 0.29) is 5.75 Å². The van der Waals surface area contributed by atoms with Crippen molar-refractivity contribution in [1.82, 2.24) is 0 Å². The highest BCUT2D eigenvalue weighted by Gasteiger charge is 2.31. The molecule has 0 saturated heterocycles. The van der Waals surface area contributed by atoms with Crippen LogP contribution in [0, 0.1) is 0 Å². The summed E-state index contributed by atoms with van der Waals surface area (Å²) in [4.78, 5) is 0. The highest BCUT2D eigenvalue weighted by atomic mass is 19.4. The average Bonchev–Trinajstić information content (AvgIpc) is 2.36. The van der Waals surface area contributed by atoms with Crippen molar-refractivity contribution in [3.8, 4) is 5.75 Å². The highest BCUT2D eigenvalue weighted by Crippen LogP contribution is 2.29. The molecule has 1 aromatic rings. The molecule has 0 atom stereocenters. The van der Waals surface area contributed by atoms with Gasteiger partial charge in [0.15, 0.2) is 0 Å². The molecule has 0 heterocycles. The van der Waals surface area contributed by atoms with Gasteiger partial charge >= 0.3 is 6.36 Å². The van der Waals surface area contributed by atoms with Gasteiger partial charge < -0.3 is 15.2 Å². The van der Waals surface area contributed by atoms with Crippen LogP contribution in [0.25, 0.3) is 0 Å².